The predicted octanol–water partition coefficient (Wildman–Crippen LogP) is 1.31. The molecule has 4 heteroatoms. The van der Waals surface area contributed by atoms with Gasteiger partial charge in [0.25, 0.3) is 0 Å². The van der Waals surface area contributed by atoms with Crippen molar-refractivity contribution in [3.63, 3.8) is 0 Å². The summed E-state index contributed by atoms with van der Waals surface area (Å²) in [4.78, 5) is 1.98. The number of aliphatic hydroxyl groups is 1. The minimum absolute atomic E-state index is 0.0245. The Balaban J connectivity index is 3.08. The van der Waals surface area contributed by atoms with Crippen LogP contribution >= 0.6 is 0 Å². The van der Waals surface area contributed by atoms with E-state index in [9.17, 15) is 10.2 Å². The van der Waals surface area contributed by atoms with Gasteiger partial charge in [-0.1, -0.05) is 0 Å². The zero-order valence-corrected chi connectivity index (χ0v) is 10.7. The van der Waals surface area contributed by atoms with Gasteiger partial charge in [-0.15, -0.1) is 0 Å². The fourth-order valence-electron chi connectivity index (χ4n) is 1.52. The number of likely N-dealkylation sites (N-methyl/N-ethyl adjacent to an activating group) is 1. The van der Waals surface area contributed by atoms with Gasteiger partial charge in [-0.25, -0.2) is 5.11 Å². The third-order valence-corrected chi connectivity index (χ3v) is 2.33. The normalized spacial score (nSPS) is 13.3. The van der Waals surface area contributed by atoms with E-state index >= 15 is 0 Å². The number of aliphatic hydroxyl groups excluding tert-OH is 1. The standard InChI is InChI=1S/C12H26NO3/c1-13(2)11-12(15)7-6-10-16-9-5-3-4-8-14/h12,15H,3-11H2,1-2H3. The van der Waals surface area contributed by atoms with Gasteiger partial charge in [-0.3, -0.25) is 0 Å². The van der Waals surface area contributed by atoms with Crippen LogP contribution in [0.4, 0.5) is 0 Å². The van der Waals surface area contributed by atoms with Gasteiger partial charge in [0.1, 0.15) is 0 Å². The van der Waals surface area contributed by atoms with Crippen LogP contribution in [0.2, 0.25) is 0 Å². The summed E-state index contributed by atoms with van der Waals surface area (Å²) in [7, 11) is 3.91. The molecule has 0 fully saturated rings. The van der Waals surface area contributed by atoms with Crippen LogP contribution in [0.3, 0.4) is 0 Å². The van der Waals surface area contributed by atoms with Gasteiger partial charge in [0, 0.05) is 19.8 Å². The molecule has 0 aromatic rings. The molecule has 0 aliphatic carbocycles. The summed E-state index contributed by atoms with van der Waals surface area (Å²) < 4.78 is 5.41. The maximum absolute atomic E-state index is 10.2. The molecule has 97 valence electrons. The monoisotopic (exact) mass is 232 g/mol. The van der Waals surface area contributed by atoms with Gasteiger partial charge in [0.05, 0.1) is 12.7 Å². The average molecular weight is 232 g/mol. The van der Waals surface area contributed by atoms with Gasteiger partial charge >= 0.3 is 0 Å². The number of rotatable bonds is 11. The van der Waals surface area contributed by atoms with Crippen LogP contribution in [0.1, 0.15) is 32.1 Å². The number of hydrogen-bond acceptors (Lipinski definition) is 3. The zero-order valence-electron chi connectivity index (χ0n) is 10.7. The zero-order chi connectivity index (χ0) is 12.2. The second-order valence-corrected chi connectivity index (χ2v) is 4.44. The lowest BCUT2D eigenvalue weighted by molar-refractivity contribution is 0.0909. The molecule has 16 heavy (non-hydrogen) atoms. The van der Waals surface area contributed by atoms with Crippen LogP contribution in [-0.4, -0.2) is 56.6 Å². The van der Waals surface area contributed by atoms with E-state index in [2.05, 4.69) is 0 Å². The van der Waals surface area contributed by atoms with Crippen LogP contribution in [0.15, 0.2) is 0 Å². The minimum Gasteiger partial charge on any atom is -0.392 e. The van der Waals surface area contributed by atoms with E-state index in [4.69, 9.17) is 4.74 Å². The van der Waals surface area contributed by atoms with E-state index < -0.39 is 0 Å². The van der Waals surface area contributed by atoms with Crippen molar-refractivity contribution >= 4 is 0 Å². The van der Waals surface area contributed by atoms with Crippen LogP contribution in [0.5, 0.6) is 0 Å². The van der Waals surface area contributed by atoms with Crippen molar-refractivity contribution in [3.05, 3.63) is 0 Å². The Morgan fingerprint density at radius 1 is 1.12 bits per heavy atom. The molecule has 1 N–H and O–H groups in total. The van der Waals surface area contributed by atoms with Crippen LogP contribution in [0, 0.1) is 0 Å². The summed E-state index contributed by atoms with van der Waals surface area (Å²) in [5, 5.41) is 19.7. The van der Waals surface area contributed by atoms with Crippen molar-refractivity contribution in [3.8, 4) is 0 Å². The van der Waals surface area contributed by atoms with E-state index in [0.717, 1.165) is 38.7 Å². The molecule has 0 aliphatic heterocycles. The first kappa shape index (κ1) is 15.8. The Morgan fingerprint density at radius 3 is 2.44 bits per heavy atom. The fourth-order valence-corrected chi connectivity index (χ4v) is 1.52. The molecule has 0 bridgehead atoms. The van der Waals surface area contributed by atoms with E-state index in [-0.39, 0.29) is 12.7 Å². The number of hydrogen-bond donors (Lipinski definition) is 1. The molecule has 0 saturated carbocycles. The minimum atomic E-state index is -0.251. The molecule has 0 aromatic carbocycles. The fraction of sp³-hybridized carbons (Fsp3) is 1.00. The molecular weight excluding hydrogens is 206 g/mol. The largest absolute Gasteiger partial charge is 0.392 e. The van der Waals surface area contributed by atoms with Crippen molar-refractivity contribution < 1.29 is 14.9 Å². The predicted molar refractivity (Wildman–Crippen MR) is 64.0 cm³/mol. The summed E-state index contributed by atoms with van der Waals surface area (Å²) in [5.74, 6) is 0. The second-order valence-electron chi connectivity index (χ2n) is 4.44. The van der Waals surface area contributed by atoms with Crippen LogP contribution in [-0.2, 0) is 9.84 Å². The first-order valence-electron chi connectivity index (χ1n) is 6.15. The molecular formula is C12H26NO3. The van der Waals surface area contributed by atoms with Gasteiger partial charge < -0.3 is 14.7 Å². The van der Waals surface area contributed by atoms with Crippen molar-refractivity contribution in [1.29, 1.82) is 0 Å². The Hall–Kier alpha value is -0.160. The maximum atomic E-state index is 10.2. The van der Waals surface area contributed by atoms with Crippen LogP contribution < -0.4 is 0 Å². The Bertz CT molecular complexity index is 142. The van der Waals surface area contributed by atoms with Gasteiger partial charge in [-0.05, 0) is 46.2 Å². The molecule has 0 aromatic heterocycles. The van der Waals surface area contributed by atoms with Crippen molar-refractivity contribution in [1.82, 2.24) is 4.90 Å². The van der Waals surface area contributed by atoms with Crippen LogP contribution in [0.25, 0.3) is 0 Å². The summed E-state index contributed by atoms with van der Waals surface area (Å²) in [6.07, 6.45) is 4.13. The van der Waals surface area contributed by atoms with Gasteiger partial charge in [0.2, 0.25) is 0 Å². The molecule has 0 rings (SSSR count). The van der Waals surface area contributed by atoms with Crippen molar-refractivity contribution in [2.45, 2.75) is 38.2 Å². The smallest absolute Gasteiger partial charge is 0.0822 e. The van der Waals surface area contributed by atoms with Crippen molar-refractivity contribution in [2.75, 3.05) is 40.5 Å². The van der Waals surface area contributed by atoms with E-state index in [0.29, 0.717) is 13.2 Å². The molecule has 1 atom stereocenters. The topological polar surface area (TPSA) is 52.6 Å². The quantitative estimate of drug-likeness (QED) is 0.546. The van der Waals surface area contributed by atoms with E-state index in [1.54, 1.807) is 0 Å². The Kier molecular flexibility index (Phi) is 11.2. The Labute approximate surface area is 99.2 Å². The van der Waals surface area contributed by atoms with E-state index in [1.165, 1.54) is 0 Å². The molecule has 0 heterocycles. The van der Waals surface area contributed by atoms with E-state index in [1.807, 2.05) is 19.0 Å². The summed E-state index contributed by atoms with van der Waals surface area (Å²) >= 11 is 0. The highest BCUT2D eigenvalue weighted by Crippen LogP contribution is 2.00. The average Bonchev–Trinajstić information content (AvgIpc) is 2.21. The third kappa shape index (κ3) is 11.9. The number of unbranched alkanes of at least 4 members (excludes halogenated alkanes) is 2. The highest BCUT2D eigenvalue weighted by Gasteiger charge is 2.04. The molecule has 0 saturated heterocycles. The lowest BCUT2D eigenvalue weighted by Gasteiger charge is -2.15. The highest BCUT2D eigenvalue weighted by atomic mass is 16.5. The molecule has 4 nitrogen and oxygen atoms in total. The molecule has 0 spiro atoms. The summed E-state index contributed by atoms with van der Waals surface area (Å²) in [5.41, 5.74) is 0. The lowest BCUT2D eigenvalue weighted by atomic mass is 10.2. The summed E-state index contributed by atoms with van der Waals surface area (Å²) in [6.45, 7) is 2.19. The molecule has 0 aliphatic rings. The van der Waals surface area contributed by atoms with Crippen molar-refractivity contribution in [2.24, 2.45) is 0 Å². The SMILES string of the molecule is CN(C)CC(O)CCCOCCCCC[O]. The lowest BCUT2D eigenvalue weighted by Crippen LogP contribution is -2.25. The van der Waals surface area contributed by atoms with Gasteiger partial charge in [-0.2, -0.15) is 0 Å². The third-order valence-electron chi connectivity index (χ3n) is 2.33. The first-order chi connectivity index (χ1) is 7.66. The number of nitrogens with zero attached hydrogens (tertiary/aromatic N) is 1. The number of ether oxygens (including phenoxy) is 1. The van der Waals surface area contributed by atoms with Gasteiger partial charge in [0.15, 0.2) is 0 Å². The summed E-state index contributed by atoms with van der Waals surface area (Å²) in [6, 6.07) is 0. The first-order valence-corrected chi connectivity index (χ1v) is 6.15. The maximum Gasteiger partial charge on any atom is 0.0822 e. The molecule has 1 radical (unpaired) electrons. The molecule has 1 unspecified atom stereocenters. The Morgan fingerprint density at radius 2 is 1.81 bits per heavy atom. The molecule has 0 amide bonds. The highest BCUT2D eigenvalue weighted by molar-refractivity contribution is 4.58. The second kappa shape index (κ2) is 11.3.